The third-order valence-corrected chi connectivity index (χ3v) is 5.47. The smallest absolute Gasteiger partial charge is 0.350 e. The number of carbonyl (C=O) groups is 1. The van der Waals surface area contributed by atoms with Gasteiger partial charge in [-0.2, -0.15) is 18.3 Å². The summed E-state index contributed by atoms with van der Waals surface area (Å²) in [6.45, 7) is -0.0205. The fourth-order valence-electron chi connectivity index (χ4n) is 3.54. The number of hydrogen-bond acceptors (Lipinski definition) is 6. The highest BCUT2D eigenvalue weighted by Crippen LogP contribution is 2.29. The number of nitro benzene ring substituents is 1. The summed E-state index contributed by atoms with van der Waals surface area (Å²) in [6, 6.07) is 8.27. The van der Waals surface area contributed by atoms with Gasteiger partial charge in [0.1, 0.15) is 17.3 Å². The van der Waals surface area contributed by atoms with Crippen LogP contribution in [0.1, 0.15) is 21.5 Å². The van der Waals surface area contributed by atoms with Crippen LogP contribution in [-0.2, 0) is 19.3 Å². The molecule has 0 fully saturated rings. The SMILES string of the molecule is O=C(NCCn1ncc2c(=O)n(Cc3cccc(C(F)(F)F)c3)cnc21)c1cc(Cl)ccc1[N+](=O)[O-]. The van der Waals surface area contributed by atoms with E-state index in [1.54, 1.807) is 0 Å². The summed E-state index contributed by atoms with van der Waals surface area (Å²) in [5, 5.41) is 18.1. The van der Waals surface area contributed by atoms with E-state index in [0.29, 0.717) is 0 Å². The summed E-state index contributed by atoms with van der Waals surface area (Å²) < 4.78 is 41.4. The molecule has 36 heavy (non-hydrogen) atoms. The number of hydrogen-bond donors (Lipinski definition) is 1. The van der Waals surface area contributed by atoms with Gasteiger partial charge in [0.15, 0.2) is 5.65 Å². The first kappa shape index (κ1) is 24.9. The van der Waals surface area contributed by atoms with Gasteiger partial charge in [0, 0.05) is 17.6 Å². The van der Waals surface area contributed by atoms with Gasteiger partial charge in [0.05, 0.1) is 29.8 Å². The van der Waals surface area contributed by atoms with Crippen LogP contribution < -0.4 is 10.9 Å². The van der Waals surface area contributed by atoms with E-state index in [1.165, 1.54) is 46.0 Å². The molecule has 186 valence electrons. The summed E-state index contributed by atoms with van der Waals surface area (Å²) in [6.07, 6.45) is -2.02. The number of benzene rings is 2. The molecule has 0 saturated heterocycles. The molecule has 1 N–H and O–H groups in total. The van der Waals surface area contributed by atoms with Gasteiger partial charge in [0.2, 0.25) is 0 Å². The first-order valence-corrected chi connectivity index (χ1v) is 10.7. The zero-order valence-electron chi connectivity index (χ0n) is 18.2. The molecule has 0 aliphatic rings. The molecule has 2 aromatic heterocycles. The Morgan fingerprint density at radius 2 is 1.97 bits per heavy atom. The fraction of sp³-hybridized carbons (Fsp3) is 0.182. The van der Waals surface area contributed by atoms with Crippen molar-refractivity contribution in [3.8, 4) is 0 Å². The molecule has 4 rings (SSSR count). The van der Waals surface area contributed by atoms with E-state index in [-0.39, 0.29) is 46.8 Å². The number of fused-ring (bicyclic) bond motifs is 1. The van der Waals surface area contributed by atoms with Gasteiger partial charge in [0.25, 0.3) is 17.2 Å². The quantitative estimate of drug-likeness (QED) is 0.293. The van der Waals surface area contributed by atoms with E-state index in [9.17, 15) is 32.9 Å². The van der Waals surface area contributed by atoms with Crippen LogP contribution in [0, 0.1) is 10.1 Å². The van der Waals surface area contributed by atoms with Crippen molar-refractivity contribution < 1.29 is 22.9 Å². The van der Waals surface area contributed by atoms with Crippen molar-refractivity contribution in [3.63, 3.8) is 0 Å². The number of carbonyl (C=O) groups excluding carboxylic acids is 1. The lowest BCUT2D eigenvalue weighted by Crippen LogP contribution is -2.28. The highest BCUT2D eigenvalue weighted by Gasteiger charge is 2.30. The molecular weight excluding hydrogens is 505 g/mol. The van der Waals surface area contributed by atoms with Crippen LogP contribution in [0.4, 0.5) is 18.9 Å². The molecule has 14 heteroatoms. The van der Waals surface area contributed by atoms with E-state index in [4.69, 9.17) is 11.6 Å². The van der Waals surface area contributed by atoms with Gasteiger partial charge in [-0.05, 0) is 29.8 Å². The summed E-state index contributed by atoms with van der Waals surface area (Å²) in [4.78, 5) is 39.9. The molecule has 0 unspecified atom stereocenters. The molecule has 4 aromatic rings. The zero-order valence-corrected chi connectivity index (χ0v) is 19.0. The second kappa shape index (κ2) is 9.77. The lowest BCUT2D eigenvalue weighted by molar-refractivity contribution is -0.385. The highest BCUT2D eigenvalue weighted by atomic mass is 35.5. The van der Waals surface area contributed by atoms with Crippen LogP contribution >= 0.6 is 11.6 Å². The first-order chi connectivity index (χ1) is 17.0. The van der Waals surface area contributed by atoms with Gasteiger partial charge < -0.3 is 5.32 Å². The molecule has 2 heterocycles. The van der Waals surface area contributed by atoms with Crippen LogP contribution in [0.25, 0.3) is 11.0 Å². The van der Waals surface area contributed by atoms with Gasteiger partial charge in [-0.15, -0.1) is 0 Å². The first-order valence-electron chi connectivity index (χ1n) is 10.3. The molecule has 0 aliphatic carbocycles. The topological polar surface area (TPSA) is 125 Å². The van der Waals surface area contributed by atoms with Crippen LogP contribution in [0.5, 0.6) is 0 Å². The average molecular weight is 521 g/mol. The standard InChI is InChI=1S/C22H16ClF3N6O4/c23-15-4-5-18(32(35)36)16(9-15)20(33)27-6-7-31-19-17(10-29-31)21(34)30(12-28-19)11-13-2-1-3-14(8-13)22(24,25)26/h1-5,8-10,12H,6-7,11H2,(H,27,33). The molecule has 0 spiro atoms. The van der Waals surface area contributed by atoms with Crippen molar-refractivity contribution in [3.05, 3.63) is 97.2 Å². The number of nitrogens with one attached hydrogen (secondary N) is 1. The van der Waals surface area contributed by atoms with E-state index in [1.807, 2.05) is 0 Å². The minimum Gasteiger partial charge on any atom is -0.350 e. The zero-order chi connectivity index (χ0) is 26.0. The van der Waals surface area contributed by atoms with E-state index in [0.717, 1.165) is 18.2 Å². The van der Waals surface area contributed by atoms with Crippen LogP contribution in [-0.4, -0.2) is 36.7 Å². The molecule has 0 bridgehead atoms. The maximum atomic E-state index is 13.0. The number of rotatable bonds is 7. The Kier molecular flexibility index (Phi) is 6.75. The largest absolute Gasteiger partial charge is 0.416 e. The second-order valence-corrected chi connectivity index (χ2v) is 8.09. The molecule has 10 nitrogen and oxygen atoms in total. The minimum absolute atomic E-state index is 0.00821. The fourth-order valence-corrected chi connectivity index (χ4v) is 3.71. The van der Waals surface area contributed by atoms with E-state index < -0.39 is 33.8 Å². The number of nitrogens with zero attached hydrogens (tertiary/aromatic N) is 5. The van der Waals surface area contributed by atoms with Crippen molar-refractivity contribution in [2.75, 3.05) is 6.54 Å². The number of amides is 1. The number of aromatic nitrogens is 4. The summed E-state index contributed by atoms with van der Waals surface area (Å²) in [5.41, 5.74) is -1.43. The Morgan fingerprint density at radius 3 is 2.69 bits per heavy atom. The van der Waals surface area contributed by atoms with E-state index >= 15 is 0 Å². The Bertz CT molecular complexity index is 1530. The Balaban J connectivity index is 1.48. The maximum absolute atomic E-state index is 13.0. The molecule has 0 saturated carbocycles. The predicted molar refractivity (Wildman–Crippen MR) is 123 cm³/mol. The molecule has 2 aromatic carbocycles. The third-order valence-electron chi connectivity index (χ3n) is 5.24. The third kappa shape index (κ3) is 5.20. The highest BCUT2D eigenvalue weighted by molar-refractivity contribution is 6.31. The van der Waals surface area contributed by atoms with Gasteiger partial charge in [-0.1, -0.05) is 23.7 Å². The summed E-state index contributed by atoms with van der Waals surface area (Å²) >= 11 is 5.85. The molecular formula is C22H16ClF3N6O4. The normalized spacial score (nSPS) is 11.6. The van der Waals surface area contributed by atoms with Gasteiger partial charge >= 0.3 is 6.18 Å². The van der Waals surface area contributed by atoms with Crippen molar-refractivity contribution >= 4 is 34.2 Å². The van der Waals surface area contributed by atoms with Crippen molar-refractivity contribution in [1.29, 1.82) is 0 Å². The van der Waals surface area contributed by atoms with Crippen LogP contribution in [0.15, 0.2) is 59.8 Å². The maximum Gasteiger partial charge on any atom is 0.416 e. The average Bonchev–Trinajstić information content (AvgIpc) is 3.24. The van der Waals surface area contributed by atoms with Crippen LogP contribution in [0.2, 0.25) is 5.02 Å². The van der Waals surface area contributed by atoms with Crippen LogP contribution in [0.3, 0.4) is 0 Å². The van der Waals surface area contributed by atoms with Gasteiger partial charge in [-0.25, -0.2) is 9.67 Å². The minimum atomic E-state index is -4.50. The number of alkyl halides is 3. The number of halogens is 4. The summed E-state index contributed by atoms with van der Waals surface area (Å²) in [5.74, 6) is -0.711. The molecule has 0 atom stereocenters. The monoisotopic (exact) mass is 520 g/mol. The Labute approximate surface area is 205 Å². The lowest BCUT2D eigenvalue weighted by atomic mass is 10.1. The number of nitro groups is 1. The second-order valence-electron chi connectivity index (χ2n) is 7.66. The molecule has 0 radical (unpaired) electrons. The van der Waals surface area contributed by atoms with Crippen molar-refractivity contribution in [1.82, 2.24) is 24.6 Å². The Hall–Kier alpha value is -4.26. The Morgan fingerprint density at radius 1 is 1.19 bits per heavy atom. The van der Waals surface area contributed by atoms with E-state index in [2.05, 4.69) is 15.4 Å². The molecule has 0 aliphatic heterocycles. The predicted octanol–water partition coefficient (Wildman–Crippen LogP) is 3.65. The summed E-state index contributed by atoms with van der Waals surface area (Å²) in [7, 11) is 0. The van der Waals surface area contributed by atoms with Crippen molar-refractivity contribution in [2.24, 2.45) is 0 Å². The molecule has 1 amide bonds. The van der Waals surface area contributed by atoms with Crippen molar-refractivity contribution in [2.45, 2.75) is 19.3 Å². The van der Waals surface area contributed by atoms with Gasteiger partial charge in [-0.3, -0.25) is 24.3 Å². The lowest BCUT2D eigenvalue weighted by Gasteiger charge is -2.10.